The summed E-state index contributed by atoms with van der Waals surface area (Å²) in [5.41, 5.74) is 0.695. The molecule has 9 heteroatoms. The monoisotopic (exact) mass is 487 g/mol. The van der Waals surface area contributed by atoms with Crippen LogP contribution in [0.25, 0.3) is 10.8 Å². The van der Waals surface area contributed by atoms with E-state index >= 15 is 0 Å². The lowest BCUT2D eigenvalue weighted by molar-refractivity contribution is -0.142. The molecule has 0 radical (unpaired) electrons. The molecule has 4 rings (SSSR count). The zero-order valence-corrected chi connectivity index (χ0v) is 19.3. The number of hydrogen-bond acceptors (Lipinski definition) is 5. The molecule has 0 fully saturated rings. The van der Waals surface area contributed by atoms with Gasteiger partial charge in [-0.25, -0.2) is 4.39 Å². The maximum absolute atomic E-state index is 14.8. The first kappa shape index (κ1) is 24.4. The first-order chi connectivity index (χ1) is 16.8. The van der Waals surface area contributed by atoms with Crippen LogP contribution in [0.3, 0.4) is 0 Å². The fourth-order valence-electron chi connectivity index (χ4n) is 4.17. The molecule has 0 saturated heterocycles. The minimum atomic E-state index is -3.10. The normalized spacial score (nSPS) is 12.9. The number of carbonyl (C=O) groups excluding carboxylic acids is 2. The predicted octanol–water partition coefficient (Wildman–Crippen LogP) is 5.64. The van der Waals surface area contributed by atoms with Gasteiger partial charge in [-0.2, -0.15) is 8.78 Å². The lowest BCUT2D eigenvalue weighted by atomic mass is 9.99. The van der Waals surface area contributed by atoms with E-state index in [1.807, 2.05) is 6.92 Å². The lowest BCUT2D eigenvalue weighted by Crippen LogP contribution is -2.23. The van der Waals surface area contributed by atoms with Gasteiger partial charge in [0.2, 0.25) is 0 Å². The van der Waals surface area contributed by atoms with Crippen molar-refractivity contribution < 1.29 is 37.0 Å². The molecule has 0 N–H and O–H groups in total. The molecule has 0 unspecified atom stereocenters. The van der Waals surface area contributed by atoms with Gasteiger partial charge >= 0.3 is 12.6 Å². The van der Waals surface area contributed by atoms with E-state index in [4.69, 9.17) is 14.2 Å². The summed E-state index contributed by atoms with van der Waals surface area (Å²) >= 11 is 0. The van der Waals surface area contributed by atoms with Gasteiger partial charge in [-0.15, -0.1) is 0 Å². The van der Waals surface area contributed by atoms with Crippen LogP contribution in [-0.4, -0.2) is 31.7 Å². The standard InChI is InChI=1S/C26H24F3NO5/c1-3-11-34-24-18-8-6-5-7-17(18)23(35-26(28)29)19-14-30(25(32)22(19)24)16-10-9-15(20(27)13-16)12-21(31)33-4-2/h5-10,13,26H,3-4,11-12,14H2,1-2H3. The fraction of sp³-hybridized carbons (Fsp3) is 0.308. The topological polar surface area (TPSA) is 65.1 Å². The Bertz CT molecular complexity index is 1280. The Labute approximate surface area is 200 Å². The van der Waals surface area contributed by atoms with Crippen LogP contribution in [0.1, 0.15) is 41.8 Å². The largest absolute Gasteiger partial charge is 0.492 e. The molecule has 1 heterocycles. The summed E-state index contributed by atoms with van der Waals surface area (Å²) in [5.74, 6) is -1.60. The van der Waals surface area contributed by atoms with Gasteiger partial charge in [0.15, 0.2) is 0 Å². The van der Waals surface area contributed by atoms with Crippen molar-refractivity contribution in [1.29, 1.82) is 0 Å². The number of ether oxygens (including phenoxy) is 3. The van der Waals surface area contributed by atoms with Gasteiger partial charge in [0.1, 0.15) is 17.3 Å². The second-order valence-corrected chi connectivity index (χ2v) is 7.93. The summed E-state index contributed by atoms with van der Waals surface area (Å²) in [6.45, 7) is 0.844. The van der Waals surface area contributed by atoms with E-state index < -0.39 is 24.3 Å². The molecule has 1 aliphatic heterocycles. The van der Waals surface area contributed by atoms with E-state index in [1.54, 1.807) is 31.2 Å². The molecule has 1 aliphatic rings. The van der Waals surface area contributed by atoms with Gasteiger partial charge in [0.25, 0.3) is 5.91 Å². The van der Waals surface area contributed by atoms with E-state index in [1.165, 1.54) is 17.0 Å². The zero-order valence-electron chi connectivity index (χ0n) is 19.3. The highest BCUT2D eigenvalue weighted by Crippen LogP contribution is 2.46. The molecule has 35 heavy (non-hydrogen) atoms. The number of amides is 1. The number of hydrogen-bond donors (Lipinski definition) is 0. The molecule has 0 atom stereocenters. The number of halogens is 3. The minimum absolute atomic E-state index is 0.107. The van der Waals surface area contributed by atoms with Crippen molar-refractivity contribution in [2.24, 2.45) is 0 Å². The van der Waals surface area contributed by atoms with Crippen LogP contribution in [0, 0.1) is 5.82 Å². The fourth-order valence-corrected chi connectivity index (χ4v) is 4.17. The maximum atomic E-state index is 14.8. The molecule has 6 nitrogen and oxygen atoms in total. The average Bonchev–Trinajstić information content (AvgIpc) is 3.17. The van der Waals surface area contributed by atoms with Crippen molar-refractivity contribution in [3.63, 3.8) is 0 Å². The highest BCUT2D eigenvalue weighted by atomic mass is 19.3. The van der Waals surface area contributed by atoms with Crippen LogP contribution < -0.4 is 14.4 Å². The van der Waals surface area contributed by atoms with E-state index in [-0.39, 0.29) is 53.4 Å². The third kappa shape index (κ3) is 4.76. The maximum Gasteiger partial charge on any atom is 0.387 e. The van der Waals surface area contributed by atoms with Crippen LogP contribution in [0.5, 0.6) is 11.5 Å². The molecule has 3 aromatic rings. The average molecular weight is 487 g/mol. The van der Waals surface area contributed by atoms with Crippen LogP contribution in [0.2, 0.25) is 0 Å². The SMILES string of the molecule is CCCOc1c2c(c(OC(F)F)c3ccccc13)CN(c1ccc(CC(=O)OCC)c(F)c1)C2=O. The first-order valence-corrected chi connectivity index (χ1v) is 11.3. The number of nitrogens with zero attached hydrogens (tertiary/aromatic N) is 1. The Balaban J connectivity index is 1.79. The summed E-state index contributed by atoms with van der Waals surface area (Å²) < 4.78 is 57.2. The van der Waals surface area contributed by atoms with Crippen LogP contribution in [0.4, 0.5) is 18.9 Å². The molecule has 1 amide bonds. The summed E-state index contributed by atoms with van der Waals surface area (Å²) in [6.07, 6.45) is 0.421. The quantitative estimate of drug-likeness (QED) is 0.366. The Morgan fingerprint density at radius 2 is 1.80 bits per heavy atom. The number of rotatable bonds is 9. The second-order valence-electron chi connectivity index (χ2n) is 7.93. The van der Waals surface area contributed by atoms with Gasteiger partial charge in [0.05, 0.1) is 31.7 Å². The third-order valence-electron chi connectivity index (χ3n) is 5.64. The summed E-state index contributed by atoms with van der Waals surface area (Å²) in [6, 6.07) is 10.7. The van der Waals surface area contributed by atoms with Crippen molar-refractivity contribution >= 4 is 28.3 Å². The molecule has 0 bridgehead atoms. The van der Waals surface area contributed by atoms with E-state index in [0.717, 1.165) is 6.07 Å². The van der Waals surface area contributed by atoms with Gasteiger partial charge in [-0.1, -0.05) is 37.3 Å². The van der Waals surface area contributed by atoms with Gasteiger partial charge in [-0.3, -0.25) is 9.59 Å². The third-order valence-corrected chi connectivity index (χ3v) is 5.64. The van der Waals surface area contributed by atoms with Crippen molar-refractivity contribution in [1.82, 2.24) is 0 Å². The number of carbonyl (C=O) groups is 2. The lowest BCUT2D eigenvalue weighted by Gasteiger charge is -2.17. The van der Waals surface area contributed by atoms with Crippen LogP contribution >= 0.6 is 0 Å². The Morgan fingerprint density at radius 3 is 2.43 bits per heavy atom. The van der Waals surface area contributed by atoms with Gasteiger partial charge in [0, 0.05) is 22.0 Å². The minimum Gasteiger partial charge on any atom is -0.492 e. The van der Waals surface area contributed by atoms with E-state index in [0.29, 0.717) is 23.8 Å². The Kier molecular flexibility index (Phi) is 7.14. The van der Waals surface area contributed by atoms with E-state index in [2.05, 4.69) is 0 Å². The highest BCUT2D eigenvalue weighted by molar-refractivity contribution is 6.16. The van der Waals surface area contributed by atoms with Crippen LogP contribution in [-0.2, 0) is 22.5 Å². The molecule has 3 aromatic carbocycles. The zero-order chi connectivity index (χ0) is 25.1. The molecule has 0 aromatic heterocycles. The number of benzene rings is 3. The number of anilines is 1. The van der Waals surface area contributed by atoms with Gasteiger partial charge < -0.3 is 19.1 Å². The molecular formula is C26H24F3NO5. The molecular weight excluding hydrogens is 463 g/mol. The molecule has 0 saturated carbocycles. The summed E-state index contributed by atoms with van der Waals surface area (Å²) in [7, 11) is 0. The molecule has 184 valence electrons. The summed E-state index contributed by atoms with van der Waals surface area (Å²) in [5, 5.41) is 0.866. The van der Waals surface area contributed by atoms with Crippen molar-refractivity contribution in [2.45, 2.75) is 39.8 Å². The molecule has 0 aliphatic carbocycles. The highest BCUT2D eigenvalue weighted by Gasteiger charge is 2.37. The Morgan fingerprint density at radius 1 is 1.09 bits per heavy atom. The number of fused-ring (bicyclic) bond motifs is 2. The van der Waals surface area contributed by atoms with Crippen molar-refractivity contribution in [2.75, 3.05) is 18.1 Å². The Hall–Kier alpha value is -3.75. The van der Waals surface area contributed by atoms with Crippen molar-refractivity contribution in [3.8, 4) is 11.5 Å². The molecule has 0 spiro atoms. The van der Waals surface area contributed by atoms with Gasteiger partial charge in [-0.05, 0) is 31.0 Å². The smallest absolute Gasteiger partial charge is 0.387 e. The second kappa shape index (κ2) is 10.2. The van der Waals surface area contributed by atoms with Crippen LogP contribution in [0.15, 0.2) is 42.5 Å². The number of alkyl halides is 2. The number of esters is 1. The predicted molar refractivity (Wildman–Crippen MR) is 124 cm³/mol. The first-order valence-electron chi connectivity index (χ1n) is 11.3. The van der Waals surface area contributed by atoms with Crippen molar-refractivity contribution in [3.05, 3.63) is 65.0 Å². The summed E-state index contributed by atoms with van der Waals surface area (Å²) in [4.78, 5) is 26.5. The van der Waals surface area contributed by atoms with E-state index in [9.17, 15) is 22.8 Å².